The number of hydrogen-bond donors (Lipinski definition) is 2. The zero-order valence-electron chi connectivity index (χ0n) is 15.9. The van der Waals surface area contributed by atoms with Gasteiger partial charge in [0.05, 0.1) is 12.7 Å². The van der Waals surface area contributed by atoms with Crippen LogP contribution < -0.4 is 10.1 Å². The first-order valence-electron chi connectivity index (χ1n) is 8.98. The van der Waals surface area contributed by atoms with E-state index in [0.29, 0.717) is 29.9 Å². The standard InChI is InChI=1S/C21H24FNO5/c1-3-10-28-19(21(25)26)12-15-6-9-18(27-2)17(11-15)20(24)23-13-14-4-7-16(22)8-5-14/h4-9,11,19H,3,10,12-13H2,1-2H3,(H,23,24)(H,25,26). The molecule has 0 spiro atoms. The van der Waals surface area contributed by atoms with E-state index in [1.165, 1.54) is 19.2 Å². The number of rotatable bonds is 10. The summed E-state index contributed by atoms with van der Waals surface area (Å²) in [4.78, 5) is 24.0. The molecule has 0 aliphatic heterocycles. The molecule has 0 saturated carbocycles. The van der Waals surface area contributed by atoms with Crippen LogP contribution in [0.2, 0.25) is 0 Å². The Morgan fingerprint density at radius 1 is 1.14 bits per heavy atom. The van der Waals surface area contributed by atoms with Crippen LogP contribution in [0.1, 0.15) is 34.8 Å². The van der Waals surface area contributed by atoms with Crippen LogP contribution in [0, 0.1) is 5.82 Å². The number of carboxylic acids is 1. The smallest absolute Gasteiger partial charge is 0.333 e. The van der Waals surface area contributed by atoms with Crippen molar-refractivity contribution < 1.29 is 28.6 Å². The summed E-state index contributed by atoms with van der Waals surface area (Å²) in [5, 5.41) is 12.1. The highest BCUT2D eigenvalue weighted by Gasteiger charge is 2.20. The lowest BCUT2D eigenvalue weighted by Gasteiger charge is -2.15. The summed E-state index contributed by atoms with van der Waals surface area (Å²) in [5.74, 6) is -1.39. The van der Waals surface area contributed by atoms with Crippen molar-refractivity contribution in [1.29, 1.82) is 0 Å². The third-order valence-corrected chi connectivity index (χ3v) is 4.09. The first-order valence-corrected chi connectivity index (χ1v) is 8.98. The molecule has 1 atom stereocenters. The van der Waals surface area contributed by atoms with E-state index >= 15 is 0 Å². The Morgan fingerprint density at radius 3 is 2.43 bits per heavy atom. The molecule has 28 heavy (non-hydrogen) atoms. The zero-order valence-corrected chi connectivity index (χ0v) is 15.9. The van der Waals surface area contributed by atoms with Crippen molar-refractivity contribution in [3.63, 3.8) is 0 Å². The lowest BCUT2D eigenvalue weighted by Crippen LogP contribution is -2.27. The summed E-state index contributed by atoms with van der Waals surface area (Å²) in [5.41, 5.74) is 1.70. The predicted molar refractivity (Wildman–Crippen MR) is 102 cm³/mol. The van der Waals surface area contributed by atoms with Gasteiger partial charge in [0.25, 0.3) is 5.91 Å². The predicted octanol–water partition coefficient (Wildman–Crippen LogP) is 3.19. The average Bonchev–Trinajstić information content (AvgIpc) is 2.70. The molecule has 0 aliphatic carbocycles. The fraction of sp³-hybridized carbons (Fsp3) is 0.333. The summed E-state index contributed by atoms with van der Waals surface area (Å²) in [7, 11) is 1.45. The number of methoxy groups -OCH3 is 1. The molecular weight excluding hydrogens is 365 g/mol. The van der Waals surface area contributed by atoms with Gasteiger partial charge in [0.1, 0.15) is 11.6 Å². The van der Waals surface area contributed by atoms with Gasteiger partial charge in [-0.15, -0.1) is 0 Å². The fourth-order valence-corrected chi connectivity index (χ4v) is 2.63. The number of amides is 1. The maximum atomic E-state index is 13.0. The molecule has 0 saturated heterocycles. The quantitative estimate of drug-likeness (QED) is 0.652. The Kier molecular flexibility index (Phi) is 7.95. The number of ether oxygens (including phenoxy) is 2. The van der Waals surface area contributed by atoms with Gasteiger partial charge in [-0.2, -0.15) is 0 Å². The minimum Gasteiger partial charge on any atom is -0.496 e. The van der Waals surface area contributed by atoms with Crippen molar-refractivity contribution in [2.24, 2.45) is 0 Å². The second-order valence-electron chi connectivity index (χ2n) is 6.25. The van der Waals surface area contributed by atoms with Gasteiger partial charge < -0.3 is 19.9 Å². The molecule has 0 fully saturated rings. The molecule has 0 radical (unpaired) electrons. The van der Waals surface area contributed by atoms with E-state index in [4.69, 9.17) is 9.47 Å². The van der Waals surface area contributed by atoms with Crippen LogP contribution in [-0.4, -0.2) is 36.8 Å². The Morgan fingerprint density at radius 2 is 1.82 bits per heavy atom. The average molecular weight is 389 g/mol. The third-order valence-electron chi connectivity index (χ3n) is 4.09. The Hall–Kier alpha value is -2.93. The van der Waals surface area contributed by atoms with Gasteiger partial charge in [0.15, 0.2) is 6.10 Å². The van der Waals surface area contributed by atoms with E-state index in [9.17, 15) is 19.1 Å². The van der Waals surface area contributed by atoms with Crippen LogP contribution in [-0.2, 0) is 22.5 Å². The number of hydrogen-bond acceptors (Lipinski definition) is 4. The maximum absolute atomic E-state index is 13.0. The van der Waals surface area contributed by atoms with Gasteiger partial charge in [-0.1, -0.05) is 25.1 Å². The zero-order chi connectivity index (χ0) is 20.5. The Labute approximate surface area is 163 Å². The summed E-state index contributed by atoms with van der Waals surface area (Å²) < 4.78 is 23.6. The van der Waals surface area contributed by atoms with Crippen molar-refractivity contribution in [2.75, 3.05) is 13.7 Å². The molecule has 0 bridgehead atoms. The van der Waals surface area contributed by atoms with Crippen molar-refractivity contribution in [3.8, 4) is 5.75 Å². The molecule has 0 aromatic heterocycles. The SMILES string of the molecule is CCCOC(Cc1ccc(OC)c(C(=O)NCc2ccc(F)cc2)c1)C(=O)O. The topological polar surface area (TPSA) is 84.9 Å². The molecule has 2 aromatic carbocycles. The van der Waals surface area contributed by atoms with Crippen LogP contribution in [0.5, 0.6) is 5.75 Å². The number of halogens is 1. The van der Waals surface area contributed by atoms with Crippen LogP contribution in [0.4, 0.5) is 4.39 Å². The van der Waals surface area contributed by atoms with Gasteiger partial charge in [-0.25, -0.2) is 9.18 Å². The van der Waals surface area contributed by atoms with E-state index in [1.807, 2.05) is 6.92 Å². The van der Waals surface area contributed by atoms with Gasteiger partial charge in [0.2, 0.25) is 0 Å². The largest absolute Gasteiger partial charge is 0.496 e. The molecule has 2 N–H and O–H groups in total. The summed E-state index contributed by atoms with van der Waals surface area (Å²) >= 11 is 0. The van der Waals surface area contributed by atoms with E-state index in [0.717, 1.165) is 5.56 Å². The summed E-state index contributed by atoms with van der Waals surface area (Å²) in [6, 6.07) is 10.8. The van der Waals surface area contributed by atoms with Crippen molar-refractivity contribution in [3.05, 3.63) is 65.0 Å². The lowest BCUT2D eigenvalue weighted by molar-refractivity contribution is -0.150. The van der Waals surface area contributed by atoms with Crippen molar-refractivity contribution in [2.45, 2.75) is 32.4 Å². The monoisotopic (exact) mass is 389 g/mol. The number of benzene rings is 2. The molecule has 0 heterocycles. The van der Waals surface area contributed by atoms with E-state index < -0.39 is 12.1 Å². The highest BCUT2D eigenvalue weighted by Crippen LogP contribution is 2.21. The minimum atomic E-state index is -1.05. The molecule has 0 aliphatic rings. The van der Waals surface area contributed by atoms with Crippen molar-refractivity contribution in [1.82, 2.24) is 5.32 Å². The van der Waals surface area contributed by atoms with Gasteiger partial charge in [-0.05, 0) is 41.8 Å². The number of aliphatic carboxylic acids is 1. The minimum absolute atomic E-state index is 0.136. The molecule has 150 valence electrons. The number of carbonyl (C=O) groups excluding carboxylic acids is 1. The fourth-order valence-electron chi connectivity index (χ4n) is 2.63. The normalized spacial score (nSPS) is 11.7. The van der Waals surface area contributed by atoms with Gasteiger partial charge in [0, 0.05) is 19.6 Å². The second kappa shape index (κ2) is 10.4. The van der Waals surface area contributed by atoms with E-state index in [-0.39, 0.29) is 24.7 Å². The van der Waals surface area contributed by atoms with Gasteiger partial charge in [-0.3, -0.25) is 4.79 Å². The van der Waals surface area contributed by atoms with Crippen molar-refractivity contribution >= 4 is 11.9 Å². The summed E-state index contributed by atoms with van der Waals surface area (Å²) in [6.07, 6.45) is -0.135. The second-order valence-corrected chi connectivity index (χ2v) is 6.25. The van der Waals surface area contributed by atoms with Crippen LogP contribution in [0.25, 0.3) is 0 Å². The first-order chi connectivity index (χ1) is 13.4. The number of carboxylic acid groups (broad SMARTS) is 1. The number of nitrogens with one attached hydrogen (secondary N) is 1. The lowest BCUT2D eigenvalue weighted by atomic mass is 10.0. The van der Waals surface area contributed by atoms with Gasteiger partial charge >= 0.3 is 5.97 Å². The number of carbonyl (C=O) groups is 2. The maximum Gasteiger partial charge on any atom is 0.333 e. The highest BCUT2D eigenvalue weighted by molar-refractivity contribution is 5.97. The molecular formula is C21H24FNO5. The van der Waals surface area contributed by atoms with Crippen LogP contribution in [0.3, 0.4) is 0 Å². The third kappa shape index (κ3) is 6.06. The van der Waals surface area contributed by atoms with Crippen LogP contribution >= 0.6 is 0 Å². The Bertz CT molecular complexity index is 807. The summed E-state index contributed by atoms with van der Waals surface area (Å²) in [6.45, 7) is 2.47. The highest BCUT2D eigenvalue weighted by atomic mass is 19.1. The molecule has 1 amide bonds. The van der Waals surface area contributed by atoms with Crippen LogP contribution in [0.15, 0.2) is 42.5 Å². The molecule has 1 unspecified atom stereocenters. The molecule has 2 aromatic rings. The van der Waals surface area contributed by atoms with E-state index in [2.05, 4.69) is 5.32 Å². The first kappa shape index (κ1) is 21.4. The van der Waals surface area contributed by atoms with E-state index in [1.54, 1.807) is 30.3 Å². The Balaban J connectivity index is 2.13. The molecule has 2 rings (SSSR count). The molecule has 7 heteroatoms. The molecule has 6 nitrogen and oxygen atoms in total.